The van der Waals surface area contributed by atoms with E-state index in [1.807, 2.05) is 6.07 Å². The van der Waals surface area contributed by atoms with E-state index in [2.05, 4.69) is 34.7 Å². The quantitative estimate of drug-likeness (QED) is 0.727. The lowest BCUT2D eigenvalue weighted by Crippen LogP contribution is -2.03. The molecule has 1 aromatic heterocycles. The van der Waals surface area contributed by atoms with Crippen LogP contribution >= 0.6 is 11.6 Å². The molecule has 0 N–H and O–H groups in total. The van der Waals surface area contributed by atoms with Gasteiger partial charge in [0.2, 0.25) is 0 Å². The van der Waals surface area contributed by atoms with Crippen molar-refractivity contribution in [1.82, 2.24) is 9.55 Å². The maximum atomic E-state index is 5.78. The smallest absolute Gasteiger partial charge is 0.111 e. The van der Waals surface area contributed by atoms with E-state index in [0.29, 0.717) is 5.88 Å². The van der Waals surface area contributed by atoms with Crippen molar-refractivity contribution in [1.29, 1.82) is 0 Å². The lowest BCUT2D eigenvalue weighted by molar-refractivity contribution is 0.660. The van der Waals surface area contributed by atoms with Crippen LogP contribution in [0.1, 0.15) is 19.2 Å². The van der Waals surface area contributed by atoms with Gasteiger partial charge in [-0.1, -0.05) is 19.1 Å². The molecule has 0 unspecified atom stereocenters. The largest absolute Gasteiger partial charge is 0.328 e. The summed E-state index contributed by atoms with van der Waals surface area (Å²) in [4.78, 5) is 4.60. The number of alkyl halides is 1. The van der Waals surface area contributed by atoms with Gasteiger partial charge in [-0.3, -0.25) is 0 Å². The average Bonchev–Trinajstić information content (AvgIpc) is 2.59. The highest BCUT2D eigenvalue weighted by Gasteiger charge is 2.08. The van der Waals surface area contributed by atoms with E-state index in [0.717, 1.165) is 30.7 Å². The molecule has 0 saturated heterocycles. The van der Waals surface area contributed by atoms with Gasteiger partial charge in [-0.05, 0) is 18.6 Å². The molecular formula is C12H15ClN2. The van der Waals surface area contributed by atoms with Crippen LogP contribution in [0.25, 0.3) is 11.0 Å². The summed E-state index contributed by atoms with van der Waals surface area (Å²) < 4.78 is 2.28. The lowest BCUT2D eigenvalue weighted by atomic mass is 10.3. The first-order chi connectivity index (χ1) is 7.36. The van der Waals surface area contributed by atoms with Crippen molar-refractivity contribution in [3.8, 4) is 0 Å². The Labute approximate surface area is 94.9 Å². The second kappa shape index (κ2) is 4.67. The molecule has 2 rings (SSSR count). The fourth-order valence-electron chi connectivity index (χ4n) is 1.87. The molecule has 0 fully saturated rings. The molecule has 1 heterocycles. The highest BCUT2D eigenvalue weighted by Crippen LogP contribution is 2.17. The van der Waals surface area contributed by atoms with Gasteiger partial charge in [0.15, 0.2) is 0 Å². The number of halogens is 1. The fourth-order valence-corrected chi connectivity index (χ4v) is 2.04. The number of aryl methyl sites for hydroxylation is 2. The monoisotopic (exact) mass is 222 g/mol. The first-order valence-corrected chi connectivity index (χ1v) is 5.90. The number of imidazole rings is 1. The van der Waals surface area contributed by atoms with Crippen LogP contribution in [0.2, 0.25) is 0 Å². The van der Waals surface area contributed by atoms with Crippen LogP contribution in [0.5, 0.6) is 0 Å². The van der Waals surface area contributed by atoms with Gasteiger partial charge in [-0.15, -0.1) is 11.6 Å². The van der Waals surface area contributed by atoms with Gasteiger partial charge in [-0.25, -0.2) is 4.98 Å². The molecule has 15 heavy (non-hydrogen) atoms. The number of hydrogen-bond acceptors (Lipinski definition) is 1. The van der Waals surface area contributed by atoms with Gasteiger partial charge >= 0.3 is 0 Å². The Hall–Kier alpha value is -1.02. The summed E-state index contributed by atoms with van der Waals surface area (Å²) in [6.45, 7) is 3.20. The van der Waals surface area contributed by atoms with Gasteiger partial charge in [0, 0.05) is 18.8 Å². The van der Waals surface area contributed by atoms with Crippen LogP contribution in [-0.4, -0.2) is 15.4 Å². The molecule has 0 spiro atoms. The van der Waals surface area contributed by atoms with E-state index < -0.39 is 0 Å². The van der Waals surface area contributed by atoms with Gasteiger partial charge in [-0.2, -0.15) is 0 Å². The number of nitrogens with zero attached hydrogens (tertiary/aromatic N) is 2. The van der Waals surface area contributed by atoms with Gasteiger partial charge in [0.05, 0.1) is 11.0 Å². The minimum absolute atomic E-state index is 0.632. The molecule has 0 amide bonds. The summed E-state index contributed by atoms with van der Waals surface area (Å²) in [6.07, 6.45) is 1.96. The van der Waals surface area contributed by atoms with Crippen molar-refractivity contribution in [3.63, 3.8) is 0 Å². The minimum Gasteiger partial charge on any atom is -0.328 e. The van der Waals surface area contributed by atoms with E-state index in [4.69, 9.17) is 11.6 Å². The molecule has 0 aliphatic heterocycles. The normalized spacial score (nSPS) is 11.1. The molecule has 1 aromatic carbocycles. The van der Waals surface area contributed by atoms with Crippen LogP contribution in [0.15, 0.2) is 24.3 Å². The van der Waals surface area contributed by atoms with E-state index >= 15 is 0 Å². The summed E-state index contributed by atoms with van der Waals surface area (Å²) in [5.74, 6) is 1.74. The average molecular weight is 223 g/mol. The molecule has 0 radical (unpaired) electrons. The third kappa shape index (κ3) is 2.00. The number of para-hydroxylation sites is 2. The third-order valence-electron chi connectivity index (χ3n) is 2.50. The molecule has 0 saturated carbocycles. The van der Waals surface area contributed by atoms with E-state index in [-0.39, 0.29) is 0 Å². The van der Waals surface area contributed by atoms with Crippen LogP contribution < -0.4 is 0 Å². The van der Waals surface area contributed by atoms with Crippen LogP contribution in [0, 0.1) is 0 Å². The van der Waals surface area contributed by atoms with Crippen molar-refractivity contribution < 1.29 is 0 Å². The molecule has 0 atom stereocenters. The Morgan fingerprint density at radius 2 is 2.13 bits per heavy atom. The van der Waals surface area contributed by atoms with Crippen LogP contribution in [-0.2, 0) is 13.0 Å². The summed E-state index contributed by atoms with van der Waals surface area (Å²) in [5.41, 5.74) is 2.30. The first kappa shape index (κ1) is 10.5. The van der Waals surface area contributed by atoms with E-state index in [1.54, 1.807) is 0 Å². The predicted octanol–water partition coefficient (Wildman–Crippen LogP) is 3.23. The Balaban J connectivity index is 2.53. The number of rotatable bonds is 4. The van der Waals surface area contributed by atoms with Crippen LogP contribution in [0.4, 0.5) is 0 Å². The zero-order valence-electron chi connectivity index (χ0n) is 8.91. The molecule has 0 aliphatic rings. The summed E-state index contributed by atoms with van der Waals surface area (Å²) in [6, 6.07) is 8.26. The molecule has 80 valence electrons. The molecule has 3 heteroatoms. The Morgan fingerprint density at radius 3 is 2.87 bits per heavy atom. The number of benzene rings is 1. The summed E-state index contributed by atoms with van der Waals surface area (Å²) in [5, 5.41) is 0. The highest BCUT2D eigenvalue weighted by atomic mass is 35.5. The molecule has 2 nitrogen and oxygen atoms in total. The molecule has 2 aromatic rings. The maximum absolute atomic E-state index is 5.78. The van der Waals surface area contributed by atoms with Crippen LogP contribution in [0.3, 0.4) is 0 Å². The first-order valence-electron chi connectivity index (χ1n) is 5.37. The highest BCUT2D eigenvalue weighted by molar-refractivity contribution is 6.17. The molecular weight excluding hydrogens is 208 g/mol. The Bertz CT molecular complexity index is 448. The minimum atomic E-state index is 0.632. The summed E-state index contributed by atoms with van der Waals surface area (Å²) in [7, 11) is 0. The fraction of sp³-hybridized carbons (Fsp3) is 0.417. The lowest BCUT2D eigenvalue weighted by Gasteiger charge is -2.05. The number of aromatic nitrogens is 2. The third-order valence-corrected chi connectivity index (χ3v) is 2.69. The van der Waals surface area contributed by atoms with Crippen molar-refractivity contribution >= 4 is 22.6 Å². The number of hydrogen-bond donors (Lipinski definition) is 0. The second-order valence-electron chi connectivity index (χ2n) is 3.61. The SMILES string of the molecule is CCCn1c(CCCl)nc2ccccc21. The zero-order chi connectivity index (χ0) is 10.7. The predicted molar refractivity (Wildman–Crippen MR) is 64.4 cm³/mol. The maximum Gasteiger partial charge on any atom is 0.111 e. The summed E-state index contributed by atoms with van der Waals surface area (Å²) >= 11 is 5.78. The Kier molecular flexibility index (Phi) is 3.27. The van der Waals surface area contributed by atoms with E-state index in [1.165, 1.54) is 5.52 Å². The topological polar surface area (TPSA) is 17.8 Å². The Morgan fingerprint density at radius 1 is 1.33 bits per heavy atom. The van der Waals surface area contributed by atoms with Gasteiger partial charge in [0.25, 0.3) is 0 Å². The second-order valence-corrected chi connectivity index (χ2v) is 3.99. The van der Waals surface area contributed by atoms with Crippen molar-refractivity contribution in [2.45, 2.75) is 26.3 Å². The van der Waals surface area contributed by atoms with Crippen molar-refractivity contribution in [2.75, 3.05) is 5.88 Å². The molecule has 0 bridgehead atoms. The standard InChI is InChI=1S/C12H15ClN2/c1-2-9-15-11-6-4-3-5-10(11)14-12(15)7-8-13/h3-6H,2,7-9H2,1H3. The molecule has 0 aliphatic carbocycles. The number of fused-ring (bicyclic) bond motifs is 1. The van der Waals surface area contributed by atoms with Crippen molar-refractivity contribution in [3.05, 3.63) is 30.1 Å². The van der Waals surface area contributed by atoms with Crippen molar-refractivity contribution in [2.24, 2.45) is 0 Å². The van der Waals surface area contributed by atoms with Gasteiger partial charge < -0.3 is 4.57 Å². The van der Waals surface area contributed by atoms with Gasteiger partial charge in [0.1, 0.15) is 5.82 Å². The van der Waals surface area contributed by atoms with E-state index in [9.17, 15) is 0 Å². The zero-order valence-corrected chi connectivity index (χ0v) is 9.67.